The van der Waals surface area contributed by atoms with Gasteiger partial charge in [0.1, 0.15) is 0 Å². The molecular formula is C12H23ClN2O2S. The van der Waals surface area contributed by atoms with E-state index in [1.807, 2.05) is 11.8 Å². The lowest BCUT2D eigenvalue weighted by atomic mass is 9.94. The molecule has 1 aliphatic carbocycles. The van der Waals surface area contributed by atoms with Gasteiger partial charge in [-0.3, -0.25) is 4.79 Å². The van der Waals surface area contributed by atoms with Crippen LogP contribution in [0.3, 0.4) is 0 Å². The van der Waals surface area contributed by atoms with E-state index in [0.717, 1.165) is 12.8 Å². The van der Waals surface area contributed by atoms with Crippen LogP contribution in [-0.2, 0) is 4.79 Å². The smallest absolute Gasteiger partial charge is 0.237 e. The van der Waals surface area contributed by atoms with Crippen LogP contribution in [0.25, 0.3) is 0 Å². The van der Waals surface area contributed by atoms with Crippen LogP contribution < -0.4 is 10.6 Å². The summed E-state index contributed by atoms with van der Waals surface area (Å²) in [7, 11) is 0. The van der Waals surface area contributed by atoms with Gasteiger partial charge in [-0.05, 0) is 31.9 Å². The Morgan fingerprint density at radius 2 is 2.17 bits per heavy atom. The first-order valence-electron chi connectivity index (χ1n) is 6.43. The van der Waals surface area contributed by atoms with E-state index < -0.39 is 0 Å². The van der Waals surface area contributed by atoms with Gasteiger partial charge in [0, 0.05) is 17.8 Å². The van der Waals surface area contributed by atoms with Crippen LogP contribution in [0.15, 0.2) is 0 Å². The summed E-state index contributed by atoms with van der Waals surface area (Å²) in [6.07, 6.45) is 6.98. The van der Waals surface area contributed by atoms with Crippen molar-refractivity contribution in [3.05, 3.63) is 0 Å². The molecule has 3 N–H and O–H groups in total. The Hall–Kier alpha value is 0.0300. The monoisotopic (exact) mass is 294 g/mol. The van der Waals surface area contributed by atoms with Crippen molar-refractivity contribution in [3.8, 4) is 0 Å². The highest BCUT2D eigenvalue weighted by Crippen LogP contribution is 2.27. The summed E-state index contributed by atoms with van der Waals surface area (Å²) < 4.78 is 0. The first kappa shape index (κ1) is 16.1. The minimum Gasteiger partial charge on any atom is -0.392 e. The summed E-state index contributed by atoms with van der Waals surface area (Å²) in [6, 6.07) is 0.132. The van der Waals surface area contributed by atoms with Crippen molar-refractivity contribution in [1.82, 2.24) is 10.6 Å². The molecule has 1 aliphatic heterocycles. The maximum absolute atomic E-state index is 12.0. The van der Waals surface area contributed by atoms with Crippen molar-refractivity contribution in [3.63, 3.8) is 0 Å². The zero-order valence-corrected chi connectivity index (χ0v) is 12.4. The molecule has 1 saturated carbocycles. The second-order valence-corrected chi connectivity index (χ2v) is 6.22. The highest BCUT2D eigenvalue weighted by molar-refractivity contribution is 7.99. The van der Waals surface area contributed by atoms with E-state index in [9.17, 15) is 9.90 Å². The zero-order chi connectivity index (χ0) is 12.3. The molecule has 0 aromatic carbocycles. The zero-order valence-electron chi connectivity index (χ0n) is 10.7. The summed E-state index contributed by atoms with van der Waals surface area (Å²) in [5.74, 6) is 0.0632. The first-order chi connectivity index (χ1) is 8.19. The number of β-amino-alcohol motifs (C(OH)–C–C–N with tert-alkyl or cyclic N) is 1. The van der Waals surface area contributed by atoms with Crippen molar-refractivity contribution in [2.45, 2.75) is 55.5 Å². The van der Waals surface area contributed by atoms with Crippen LogP contribution >= 0.6 is 24.2 Å². The summed E-state index contributed by atoms with van der Waals surface area (Å²) in [5.41, 5.74) is 0. The van der Waals surface area contributed by atoms with Gasteiger partial charge in [-0.1, -0.05) is 6.42 Å². The quantitative estimate of drug-likeness (QED) is 0.724. The molecule has 18 heavy (non-hydrogen) atoms. The molecule has 4 nitrogen and oxygen atoms in total. The summed E-state index contributed by atoms with van der Waals surface area (Å²) in [5, 5.41) is 16.3. The number of carbonyl (C=O) groups is 1. The number of carbonyl (C=O) groups excluding carboxylic acids is 1. The van der Waals surface area contributed by atoms with E-state index in [1.54, 1.807) is 0 Å². The van der Waals surface area contributed by atoms with E-state index in [4.69, 9.17) is 0 Å². The second kappa shape index (κ2) is 7.58. The number of halogens is 1. The Kier molecular flexibility index (Phi) is 6.77. The van der Waals surface area contributed by atoms with Gasteiger partial charge in [-0.15, -0.1) is 12.4 Å². The van der Waals surface area contributed by atoms with Crippen molar-refractivity contribution < 1.29 is 9.90 Å². The predicted molar refractivity (Wildman–Crippen MR) is 77.4 cm³/mol. The minimum absolute atomic E-state index is 0. The molecule has 2 fully saturated rings. The van der Waals surface area contributed by atoms with Gasteiger partial charge in [0.05, 0.1) is 12.1 Å². The number of aliphatic hydroxyl groups is 1. The van der Waals surface area contributed by atoms with Gasteiger partial charge in [0.25, 0.3) is 0 Å². The molecule has 106 valence electrons. The van der Waals surface area contributed by atoms with Crippen molar-refractivity contribution in [1.29, 1.82) is 0 Å². The third kappa shape index (κ3) is 4.30. The maximum atomic E-state index is 12.0. The predicted octanol–water partition coefficient (Wildman–Crippen LogP) is 0.921. The summed E-state index contributed by atoms with van der Waals surface area (Å²) >= 11 is 1.90. The van der Waals surface area contributed by atoms with Gasteiger partial charge < -0.3 is 15.7 Å². The van der Waals surface area contributed by atoms with E-state index >= 15 is 0 Å². The Morgan fingerprint density at radius 1 is 1.39 bits per heavy atom. The molecule has 0 bridgehead atoms. The fourth-order valence-corrected chi connectivity index (χ4v) is 3.54. The van der Waals surface area contributed by atoms with Gasteiger partial charge in [0.2, 0.25) is 5.91 Å². The largest absolute Gasteiger partial charge is 0.392 e. The molecule has 0 aromatic rings. The summed E-state index contributed by atoms with van der Waals surface area (Å²) in [4.78, 5) is 12.0. The molecule has 4 unspecified atom stereocenters. The first-order valence-corrected chi connectivity index (χ1v) is 7.72. The van der Waals surface area contributed by atoms with Crippen molar-refractivity contribution >= 4 is 30.1 Å². The third-order valence-electron chi connectivity index (χ3n) is 3.73. The molecule has 6 heteroatoms. The minimum atomic E-state index is -0.365. The van der Waals surface area contributed by atoms with Crippen LogP contribution in [0.5, 0.6) is 0 Å². The fraction of sp³-hybridized carbons (Fsp3) is 0.917. The Balaban J connectivity index is 0.00000162. The standard InChI is InChI=1S/C12H22N2O2S.ClH/c1-17-10-4-2-3-8(5-10)14-12(16)11-6-9(15)7-13-11;/h8-11,13,15H,2-7H2,1H3,(H,14,16);1H. The maximum Gasteiger partial charge on any atom is 0.237 e. The van der Waals surface area contributed by atoms with Crippen LogP contribution in [-0.4, -0.2) is 47.3 Å². The summed E-state index contributed by atoms with van der Waals surface area (Å²) in [6.45, 7) is 0.538. The molecule has 0 radical (unpaired) electrons. The molecule has 1 saturated heterocycles. The van der Waals surface area contributed by atoms with Crippen LogP contribution in [0, 0.1) is 0 Å². The highest BCUT2D eigenvalue weighted by atomic mass is 35.5. The van der Waals surface area contributed by atoms with Crippen LogP contribution in [0.4, 0.5) is 0 Å². The lowest BCUT2D eigenvalue weighted by Crippen LogP contribution is -2.47. The number of thioether (sulfide) groups is 1. The van der Waals surface area contributed by atoms with Gasteiger partial charge in [0.15, 0.2) is 0 Å². The van der Waals surface area contributed by atoms with Gasteiger partial charge in [-0.2, -0.15) is 11.8 Å². The van der Waals surface area contributed by atoms with E-state index in [-0.39, 0.29) is 30.5 Å². The van der Waals surface area contributed by atoms with Crippen molar-refractivity contribution in [2.75, 3.05) is 12.8 Å². The molecule has 2 rings (SSSR count). The molecule has 0 aromatic heterocycles. The second-order valence-electron chi connectivity index (χ2n) is 5.08. The Labute approximate surface area is 119 Å². The number of amides is 1. The topological polar surface area (TPSA) is 61.4 Å². The van der Waals surface area contributed by atoms with Gasteiger partial charge in [-0.25, -0.2) is 0 Å². The average molecular weight is 295 g/mol. The molecule has 1 heterocycles. The highest BCUT2D eigenvalue weighted by Gasteiger charge is 2.30. The van der Waals surface area contributed by atoms with Gasteiger partial charge >= 0.3 is 0 Å². The number of nitrogens with one attached hydrogen (secondary N) is 2. The molecule has 2 aliphatic rings. The molecule has 1 amide bonds. The van der Waals surface area contributed by atoms with E-state index in [2.05, 4.69) is 16.9 Å². The lowest BCUT2D eigenvalue weighted by molar-refractivity contribution is -0.123. The Bertz CT molecular complexity index is 281. The molecule has 4 atom stereocenters. The number of rotatable bonds is 3. The molecular weight excluding hydrogens is 272 g/mol. The fourth-order valence-electron chi connectivity index (χ4n) is 2.71. The van der Waals surface area contributed by atoms with E-state index in [0.29, 0.717) is 24.3 Å². The number of hydrogen-bond acceptors (Lipinski definition) is 4. The Morgan fingerprint density at radius 3 is 2.78 bits per heavy atom. The average Bonchev–Trinajstić information content (AvgIpc) is 2.76. The SMILES string of the molecule is CSC1CCCC(NC(=O)C2CC(O)CN2)C1.Cl. The molecule has 0 spiro atoms. The number of aliphatic hydroxyl groups excluding tert-OH is 1. The normalized spacial score (nSPS) is 35.9. The third-order valence-corrected chi connectivity index (χ3v) is 4.82. The van der Waals surface area contributed by atoms with E-state index in [1.165, 1.54) is 12.8 Å². The number of hydrogen-bond donors (Lipinski definition) is 3. The van der Waals surface area contributed by atoms with Crippen LogP contribution in [0.1, 0.15) is 32.1 Å². The van der Waals surface area contributed by atoms with Crippen LogP contribution in [0.2, 0.25) is 0 Å². The lowest BCUT2D eigenvalue weighted by Gasteiger charge is -2.29. The van der Waals surface area contributed by atoms with Crippen molar-refractivity contribution in [2.24, 2.45) is 0 Å².